The van der Waals surface area contributed by atoms with Crippen molar-refractivity contribution in [3.8, 4) is 0 Å². The predicted octanol–water partition coefficient (Wildman–Crippen LogP) is 21.6. The van der Waals surface area contributed by atoms with Crippen molar-refractivity contribution in [2.75, 3.05) is 47.5 Å². The van der Waals surface area contributed by atoms with E-state index in [-0.39, 0.29) is 38.6 Å². The van der Waals surface area contributed by atoms with Gasteiger partial charge < -0.3 is 28.5 Å². The van der Waals surface area contributed by atoms with Crippen molar-refractivity contribution in [2.45, 2.75) is 232 Å². The molecule has 0 spiro atoms. The first-order valence-electron chi connectivity index (χ1n) is 34.2. The first kappa shape index (κ1) is 82.9. The van der Waals surface area contributed by atoms with Gasteiger partial charge in [-0.25, -0.2) is 4.79 Å². The summed E-state index contributed by atoms with van der Waals surface area (Å²) in [6.45, 7) is 4.57. The van der Waals surface area contributed by atoms with E-state index >= 15 is 0 Å². The van der Waals surface area contributed by atoms with Gasteiger partial charge in [-0.3, -0.25) is 9.59 Å². The number of esters is 2. The van der Waals surface area contributed by atoms with Gasteiger partial charge >= 0.3 is 17.9 Å². The summed E-state index contributed by atoms with van der Waals surface area (Å²) in [4.78, 5) is 37.6. The zero-order valence-electron chi connectivity index (χ0n) is 56.5. The lowest BCUT2D eigenvalue weighted by Gasteiger charge is -2.25. The van der Waals surface area contributed by atoms with Gasteiger partial charge in [0, 0.05) is 12.8 Å². The molecule has 2 unspecified atom stereocenters. The molecule has 0 amide bonds. The summed E-state index contributed by atoms with van der Waals surface area (Å²) in [6.07, 6.45) is 103. The molecular weight excluding hydrogens is 1100 g/mol. The molecule has 0 radical (unpaired) electrons. The van der Waals surface area contributed by atoms with Gasteiger partial charge in [-0.15, -0.1) is 0 Å². The molecule has 0 aliphatic carbocycles. The highest BCUT2D eigenvalue weighted by Gasteiger charge is 2.25. The van der Waals surface area contributed by atoms with E-state index in [1.54, 1.807) is 0 Å². The monoisotopic (exact) mass is 1230 g/mol. The Bertz CT molecular complexity index is 2210. The van der Waals surface area contributed by atoms with Crippen LogP contribution in [-0.4, -0.2) is 87.4 Å². The molecule has 2 atom stereocenters. The van der Waals surface area contributed by atoms with Crippen LogP contribution in [0.15, 0.2) is 207 Å². The number of ether oxygens (including phenoxy) is 4. The number of hydrogen-bond acceptors (Lipinski definition) is 7. The van der Waals surface area contributed by atoms with Gasteiger partial charge in [-0.2, -0.15) is 0 Å². The van der Waals surface area contributed by atoms with Gasteiger partial charge in [0.05, 0.1) is 34.4 Å². The average Bonchev–Trinajstić information content (AvgIpc) is 3.64. The largest absolute Gasteiger partial charge is 0.477 e. The van der Waals surface area contributed by atoms with Crippen LogP contribution in [-0.2, 0) is 33.3 Å². The summed E-state index contributed by atoms with van der Waals surface area (Å²) in [5.41, 5.74) is 0. The minimum atomic E-state index is -1.54. The second kappa shape index (κ2) is 67.8. The molecule has 0 aliphatic heterocycles. The van der Waals surface area contributed by atoms with E-state index in [2.05, 4.69) is 220 Å². The number of carboxylic acids is 1. The molecule has 0 aromatic heterocycles. The van der Waals surface area contributed by atoms with Gasteiger partial charge in [-0.05, 0) is 148 Å². The van der Waals surface area contributed by atoms with Crippen LogP contribution in [0, 0.1) is 0 Å². The second-order valence-electron chi connectivity index (χ2n) is 23.0. The molecule has 9 nitrogen and oxygen atoms in total. The van der Waals surface area contributed by atoms with Crippen molar-refractivity contribution in [3.05, 3.63) is 207 Å². The lowest BCUT2D eigenvalue weighted by Crippen LogP contribution is -2.40. The predicted molar refractivity (Wildman–Crippen MR) is 382 cm³/mol. The number of quaternary nitrogens is 1. The summed E-state index contributed by atoms with van der Waals surface area (Å²) in [5, 5.41) is 9.74. The number of unbranched alkanes of at least 4 members (excludes halogenated alkanes) is 11. The highest BCUT2D eigenvalue weighted by Crippen LogP contribution is 2.13. The normalized spacial score (nSPS) is 14.0. The summed E-state index contributed by atoms with van der Waals surface area (Å²) < 4.78 is 22.9. The van der Waals surface area contributed by atoms with Crippen LogP contribution in [0.1, 0.15) is 219 Å². The Balaban J connectivity index is 4.32. The van der Waals surface area contributed by atoms with Crippen molar-refractivity contribution < 1.29 is 42.9 Å². The second-order valence-corrected chi connectivity index (χ2v) is 23.0. The summed E-state index contributed by atoms with van der Waals surface area (Å²) in [5.74, 6) is -2.08. The van der Waals surface area contributed by atoms with Crippen molar-refractivity contribution in [1.82, 2.24) is 0 Å². The standard InChI is InChI=1S/C80H123NO8/c1-6-8-10-12-14-16-18-20-22-24-26-28-30-32-34-36-38-39-41-43-45-47-49-51-53-55-57-59-61-63-65-67-69-71-78(83)89-76(75-88-80(79(84)85)86-73-72-81(3,4)5)74-87-77(82)70-68-66-64-62-60-58-56-54-52-50-48-46-44-42-40-37-35-33-31-29-27-25-23-21-19-17-15-13-11-9-7-2/h8-11,14-17,20-23,26-29,32-35,38-40,42-43,45-46,48-49,51-52,54-55,57,76,80H,6-7,12-13,18-19,24-25,30-31,36-37,41,44,47,50,53,56,58-75H2,1-5H3/p+1/b10-8-,11-9-,16-14-,17-15-,22-20-,23-21-,28-26-,29-27-,34-32-,35-33-,39-38-,42-40-,45-43-,48-46-,51-49-,54-52-,57-55-. The Morgan fingerprint density at radius 3 is 0.899 bits per heavy atom. The summed E-state index contributed by atoms with van der Waals surface area (Å²) >= 11 is 0. The van der Waals surface area contributed by atoms with Crippen molar-refractivity contribution in [1.29, 1.82) is 0 Å². The maximum Gasteiger partial charge on any atom is 0.361 e. The zero-order chi connectivity index (χ0) is 64.7. The SMILES string of the molecule is CC/C=C\C/C=C\C/C=C\C/C=C\C/C=C\C/C=C\C/C=C\C/C=C\C/C=C\CCCCCCCC(=O)OC(COC(=O)CCCCCCCC/C=C\C/C=C\C/C=C\C/C=C\C/C=C\C/C=C\C/C=C\C/C=C\CC)COC(OCC[N+](C)(C)C)C(=O)O. The van der Waals surface area contributed by atoms with E-state index in [0.29, 0.717) is 23.9 Å². The molecule has 496 valence electrons. The summed E-state index contributed by atoms with van der Waals surface area (Å²) in [7, 11) is 5.94. The maximum atomic E-state index is 12.9. The topological polar surface area (TPSA) is 108 Å². The van der Waals surface area contributed by atoms with Crippen LogP contribution < -0.4 is 0 Å². The maximum absolute atomic E-state index is 12.9. The van der Waals surface area contributed by atoms with E-state index in [0.717, 1.165) is 180 Å². The fraction of sp³-hybridized carbons (Fsp3) is 0.537. The quantitative estimate of drug-likeness (QED) is 0.0211. The highest BCUT2D eigenvalue weighted by molar-refractivity contribution is 5.71. The van der Waals surface area contributed by atoms with E-state index < -0.39 is 24.3 Å². The van der Waals surface area contributed by atoms with Gasteiger partial charge in [0.15, 0.2) is 6.10 Å². The third-order valence-corrected chi connectivity index (χ3v) is 13.5. The van der Waals surface area contributed by atoms with E-state index in [4.69, 9.17) is 18.9 Å². The third kappa shape index (κ3) is 69.2. The molecule has 0 fully saturated rings. The fourth-order valence-corrected chi connectivity index (χ4v) is 8.37. The molecule has 0 heterocycles. The Morgan fingerprint density at radius 1 is 0.337 bits per heavy atom. The number of allylic oxidation sites excluding steroid dienone is 34. The lowest BCUT2D eigenvalue weighted by molar-refractivity contribution is -0.870. The van der Waals surface area contributed by atoms with Gasteiger partial charge in [0.25, 0.3) is 6.29 Å². The smallest absolute Gasteiger partial charge is 0.361 e. The zero-order valence-corrected chi connectivity index (χ0v) is 56.5. The van der Waals surface area contributed by atoms with Crippen molar-refractivity contribution in [3.63, 3.8) is 0 Å². The molecule has 0 aromatic carbocycles. The molecule has 0 bridgehead atoms. The number of carboxylic acid groups (broad SMARTS) is 1. The molecular formula is C80H124NO8+. The fourth-order valence-electron chi connectivity index (χ4n) is 8.37. The number of likely N-dealkylation sites (N-methyl/N-ethyl adjacent to an activating group) is 1. The van der Waals surface area contributed by atoms with Crippen LogP contribution in [0.2, 0.25) is 0 Å². The molecule has 89 heavy (non-hydrogen) atoms. The van der Waals surface area contributed by atoms with Crippen LogP contribution in [0.25, 0.3) is 0 Å². The minimum absolute atomic E-state index is 0.168. The first-order valence-corrected chi connectivity index (χ1v) is 34.2. The number of rotatable bonds is 60. The van der Waals surface area contributed by atoms with Crippen LogP contribution in [0.5, 0.6) is 0 Å². The lowest BCUT2D eigenvalue weighted by atomic mass is 10.1. The Hall–Kier alpha value is -6.13. The van der Waals surface area contributed by atoms with E-state index in [1.165, 1.54) is 0 Å². The Labute approximate surface area is 544 Å². The van der Waals surface area contributed by atoms with Crippen molar-refractivity contribution >= 4 is 17.9 Å². The first-order chi connectivity index (χ1) is 43.6. The molecule has 0 saturated heterocycles. The number of aliphatic carboxylic acids is 1. The van der Waals surface area contributed by atoms with Gasteiger partial charge in [0.1, 0.15) is 13.2 Å². The van der Waals surface area contributed by atoms with Gasteiger partial charge in [0.2, 0.25) is 0 Å². The van der Waals surface area contributed by atoms with Crippen LogP contribution in [0.3, 0.4) is 0 Å². The molecule has 0 aliphatic rings. The average molecular weight is 1230 g/mol. The number of carbonyl (C=O) groups is 3. The molecule has 0 saturated carbocycles. The van der Waals surface area contributed by atoms with Crippen LogP contribution >= 0.6 is 0 Å². The Morgan fingerprint density at radius 2 is 0.607 bits per heavy atom. The number of hydrogen-bond donors (Lipinski definition) is 1. The van der Waals surface area contributed by atoms with E-state index in [9.17, 15) is 19.5 Å². The Kier molecular flexibility index (Phi) is 63.1. The number of nitrogens with zero attached hydrogens (tertiary/aromatic N) is 1. The number of carbonyl (C=O) groups excluding carboxylic acids is 2. The molecule has 0 rings (SSSR count). The van der Waals surface area contributed by atoms with E-state index in [1.807, 2.05) is 21.1 Å². The summed E-state index contributed by atoms with van der Waals surface area (Å²) in [6, 6.07) is 0. The highest BCUT2D eigenvalue weighted by atomic mass is 16.7. The van der Waals surface area contributed by atoms with Crippen molar-refractivity contribution in [2.24, 2.45) is 0 Å². The molecule has 9 heteroatoms. The molecule has 1 N–H and O–H groups in total. The molecule has 0 aromatic rings. The third-order valence-electron chi connectivity index (χ3n) is 13.5. The van der Waals surface area contributed by atoms with Crippen LogP contribution in [0.4, 0.5) is 0 Å². The minimum Gasteiger partial charge on any atom is -0.477 e. The van der Waals surface area contributed by atoms with Gasteiger partial charge in [-0.1, -0.05) is 265 Å².